The second-order valence-corrected chi connectivity index (χ2v) is 8.29. The van der Waals surface area contributed by atoms with E-state index in [9.17, 15) is 8.42 Å². The predicted molar refractivity (Wildman–Crippen MR) is 101 cm³/mol. The van der Waals surface area contributed by atoms with Crippen molar-refractivity contribution in [2.45, 2.75) is 23.8 Å². The van der Waals surface area contributed by atoms with Gasteiger partial charge in [-0.25, -0.2) is 17.7 Å². The third-order valence-corrected chi connectivity index (χ3v) is 6.52. The molecular formula is C19H21N3O3S. The molecule has 0 amide bonds. The molecule has 0 radical (unpaired) electrons. The number of sulfonamides is 1. The Bertz CT molecular complexity index is 942. The molecule has 136 valence electrons. The van der Waals surface area contributed by atoms with Gasteiger partial charge in [-0.2, -0.15) is 0 Å². The van der Waals surface area contributed by atoms with Gasteiger partial charge in [-0.1, -0.05) is 30.3 Å². The summed E-state index contributed by atoms with van der Waals surface area (Å²) in [6.07, 6.45) is 1.88. The van der Waals surface area contributed by atoms with Crippen LogP contribution in [0.3, 0.4) is 0 Å². The standard InChI is InChI=1S/C19H21N3O3S/c1-25-19-21-18(14-6-3-2-4-7-14)13-22(19)26(23,24)16-9-10-17-15(12-16)8-5-11-20-17/h2-4,6-7,9-10,12,18,20H,5,8,11,13H2,1H3. The summed E-state index contributed by atoms with van der Waals surface area (Å²) < 4.78 is 33.0. The van der Waals surface area contributed by atoms with Crippen LogP contribution in [0.25, 0.3) is 0 Å². The highest BCUT2D eigenvalue weighted by atomic mass is 32.2. The van der Waals surface area contributed by atoms with E-state index >= 15 is 0 Å². The van der Waals surface area contributed by atoms with Crippen molar-refractivity contribution in [2.24, 2.45) is 4.99 Å². The van der Waals surface area contributed by atoms with Crippen molar-refractivity contribution in [1.82, 2.24) is 4.31 Å². The smallest absolute Gasteiger partial charge is 0.302 e. The fourth-order valence-electron chi connectivity index (χ4n) is 3.42. The van der Waals surface area contributed by atoms with Crippen molar-refractivity contribution in [1.29, 1.82) is 0 Å². The Labute approximate surface area is 153 Å². The number of anilines is 1. The average Bonchev–Trinajstić information content (AvgIpc) is 3.14. The summed E-state index contributed by atoms with van der Waals surface area (Å²) in [6.45, 7) is 1.16. The van der Waals surface area contributed by atoms with E-state index in [0.717, 1.165) is 36.2 Å². The van der Waals surface area contributed by atoms with Gasteiger partial charge >= 0.3 is 6.02 Å². The van der Waals surface area contributed by atoms with Gasteiger partial charge in [-0.15, -0.1) is 0 Å². The van der Waals surface area contributed by atoms with E-state index in [1.807, 2.05) is 36.4 Å². The van der Waals surface area contributed by atoms with Crippen LogP contribution in [0.15, 0.2) is 58.4 Å². The van der Waals surface area contributed by atoms with E-state index in [2.05, 4.69) is 10.3 Å². The minimum atomic E-state index is -3.72. The number of amidine groups is 1. The zero-order valence-corrected chi connectivity index (χ0v) is 15.4. The number of fused-ring (bicyclic) bond motifs is 1. The topological polar surface area (TPSA) is 71.0 Å². The highest BCUT2D eigenvalue weighted by Gasteiger charge is 2.37. The van der Waals surface area contributed by atoms with Crippen LogP contribution in [-0.4, -0.2) is 38.9 Å². The summed E-state index contributed by atoms with van der Waals surface area (Å²) in [5.74, 6) is 0. The van der Waals surface area contributed by atoms with Crippen LogP contribution < -0.4 is 5.32 Å². The van der Waals surface area contributed by atoms with E-state index in [1.54, 1.807) is 12.1 Å². The number of ether oxygens (including phenoxy) is 1. The van der Waals surface area contributed by atoms with Crippen molar-refractivity contribution in [3.05, 3.63) is 59.7 Å². The average molecular weight is 371 g/mol. The summed E-state index contributed by atoms with van der Waals surface area (Å²) in [5.41, 5.74) is 3.01. The maximum atomic E-state index is 13.2. The molecule has 0 fully saturated rings. The minimum Gasteiger partial charge on any atom is -0.468 e. The zero-order chi connectivity index (χ0) is 18.1. The van der Waals surface area contributed by atoms with Gasteiger partial charge in [0.25, 0.3) is 10.0 Å². The lowest BCUT2D eigenvalue weighted by Crippen LogP contribution is -2.35. The molecule has 1 atom stereocenters. The predicted octanol–water partition coefficient (Wildman–Crippen LogP) is 2.79. The summed E-state index contributed by atoms with van der Waals surface area (Å²) in [6, 6.07) is 14.8. The number of benzene rings is 2. The van der Waals surface area contributed by atoms with Gasteiger partial charge in [-0.3, -0.25) is 0 Å². The van der Waals surface area contributed by atoms with Gasteiger partial charge in [-0.05, 0) is 42.2 Å². The molecule has 2 aliphatic rings. The Morgan fingerprint density at radius 3 is 2.77 bits per heavy atom. The lowest BCUT2D eigenvalue weighted by Gasteiger charge is -2.22. The zero-order valence-electron chi connectivity index (χ0n) is 14.6. The first-order valence-electron chi connectivity index (χ1n) is 8.66. The largest absolute Gasteiger partial charge is 0.468 e. The second kappa shape index (κ2) is 6.64. The second-order valence-electron chi connectivity index (χ2n) is 6.43. The van der Waals surface area contributed by atoms with E-state index in [1.165, 1.54) is 11.4 Å². The highest BCUT2D eigenvalue weighted by Crippen LogP contribution is 2.31. The minimum absolute atomic E-state index is 0.134. The monoisotopic (exact) mass is 371 g/mol. The van der Waals surface area contributed by atoms with Crippen LogP contribution in [0.4, 0.5) is 5.69 Å². The first kappa shape index (κ1) is 16.9. The third-order valence-electron chi connectivity index (χ3n) is 4.79. The molecule has 2 heterocycles. The lowest BCUT2D eigenvalue weighted by atomic mass is 10.0. The van der Waals surface area contributed by atoms with Gasteiger partial charge < -0.3 is 10.1 Å². The van der Waals surface area contributed by atoms with Crippen LogP contribution in [0.5, 0.6) is 0 Å². The molecule has 26 heavy (non-hydrogen) atoms. The fraction of sp³-hybridized carbons (Fsp3) is 0.316. The normalized spacial score (nSPS) is 19.5. The molecule has 1 unspecified atom stereocenters. The Hall–Kier alpha value is -2.54. The Morgan fingerprint density at radius 2 is 2.00 bits per heavy atom. The van der Waals surface area contributed by atoms with Crippen molar-refractivity contribution in [3.8, 4) is 0 Å². The van der Waals surface area contributed by atoms with Gasteiger partial charge in [0, 0.05) is 12.2 Å². The quantitative estimate of drug-likeness (QED) is 0.901. The number of aryl methyl sites for hydroxylation is 1. The Morgan fingerprint density at radius 1 is 1.19 bits per heavy atom. The van der Waals surface area contributed by atoms with Crippen LogP contribution in [0.2, 0.25) is 0 Å². The van der Waals surface area contributed by atoms with Crippen molar-refractivity contribution < 1.29 is 13.2 Å². The molecule has 0 aromatic heterocycles. The van der Waals surface area contributed by atoms with Crippen LogP contribution in [0, 0.1) is 0 Å². The summed E-state index contributed by atoms with van der Waals surface area (Å²) in [7, 11) is -2.27. The molecule has 4 rings (SSSR count). The van der Waals surface area contributed by atoms with Gasteiger partial charge in [0.05, 0.1) is 24.6 Å². The molecule has 0 bridgehead atoms. The van der Waals surface area contributed by atoms with Crippen molar-refractivity contribution >= 4 is 21.7 Å². The number of nitrogens with one attached hydrogen (secondary N) is 1. The summed E-state index contributed by atoms with van der Waals surface area (Å²) >= 11 is 0. The summed E-state index contributed by atoms with van der Waals surface area (Å²) in [5, 5.41) is 3.30. The number of hydrogen-bond donors (Lipinski definition) is 1. The van der Waals surface area contributed by atoms with Crippen molar-refractivity contribution in [3.63, 3.8) is 0 Å². The molecule has 7 heteroatoms. The molecule has 0 aliphatic carbocycles. The molecule has 2 aliphatic heterocycles. The van der Waals surface area contributed by atoms with E-state index in [4.69, 9.17) is 4.74 Å². The van der Waals surface area contributed by atoms with Gasteiger partial charge in [0.15, 0.2) is 0 Å². The summed E-state index contributed by atoms with van der Waals surface area (Å²) in [4.78, 5) is 4.74. The Balaban J connectivity index is 1.66. The van der Waals surface area contributed by atoms with E-state index < -0.39 is 10.0 Å². The van der Waals surface area contributed by atoms with Crippen LogP contribution in [0.1, 0.15) is 23.6 Å². The SMILES string of the molecule is COC1=NC(c2ccccc2)CN1S(=O)(=O)c1ccc2c(c1)CCCN2. The van der Waals surface area contributed by atoms with E-state index in [-0.39, 0.29) is 23.5 Å². The Kier molecular flexibility index (Phi) is 4.32. The first-order valence-corrected chi connectivity index (χ1v) is 10.1. The third kappa shape index (κ3) is 2.92. The molecule has 2 aromatic rings. The highest BCUT2D eigenvalue weighted by molar-refractivity contribution is 7.89. The molecule has 2 aromatic carbocycles. The maximum absolute atomic E-state index is 13.2. The molecule has 0 saturated carbocycles. The molecule has 0 saturated heterocycles. The first-order chi connectivity index (χ1) is 12.6. The molecule has 0 spiro atoms. The van der Waals surface area contributed by atoms with Crippen molar-refractivity contribution in [2.75, 3.05) is 25.5 Å². The fourth-order valence-corrected chi connectivity index (χ4v) is 4.87. The number of rotatable bonds is 3. The number of methoxy groups -OCH3 is 1. The van der Waals surface area contributed by atoms with E-state index in [0.29, 0.717) is 0 Å². The molecule has 6 nitrogen and oxygen atoms in total. The van der Waals surface area contributed by atoms with Gasteiger partial charge in [0.1, 0.15) is 0 Å². The number of aliphatic imine (C=N–C) groups is 1. The van der Waals surface area contributed by atoms with Crippen LogP contribution in [-0.2, 0) is 21.2 Å². The van der Waals surface area contributed by atoms with Gasteiger partial charge in [0.2, 0.25) is 0 Å². The molecular weight excluding hydrogens is 350 g/mol. The number of nitrogens with zero attached hydrogens (tertiary/aromatic N) is 2. The maximum Gasteiger partial charge on any atom is 0.302 e. The van der Waals surface area contributed by atoms with Crippen LogP contribution >= 0.6 is 0 Å². The molecule has 1 N–H and O–H groups in total. The number of hydrogen-bond acceptors (Lipinski definition) is 5. The lowest BCUT2D eigenvalue weighted by molar-refractivity contribution is 0.354.